The highest BCUT2D eigenvalue weighted by Gasteiger charge is 2.27. The maximum atomic E-state index is 6.15. The van der Waals surface area contributed by atoms with Gasteiger partial charge in [-0.2, -0.15) is 0 Å². The molecule has 1 nitrogen and oxygen atoms in total. The van der Waals surface area contributed by atoms with E-state index in [9.17, 15) is 0 Å². The van der Waals surface area contributed by atoms with E-state index in [0.717, 1.165) is 23.4 Å². The molecule has 1 fully saturated rings. The van der Waals surface area contributed by atoms with Gasteiger partial charge in [0.25, 0.3) is 0 Å². The molecule has 1 aliphatic carbocycles. The molecule has 0 saturated heterocycles. The van der Waals surface area contributed by atoms with Gasteiger partial charge >= 0.3 is 0 Å². The summed E-state index contributed by atoms with van der Waals surface area (Å²) in [4.78, 5) is 0. The van der Waals surface area contributed by atoms with Crippen molar-refractivity contribution in [2.24, 2.45) is 11.8 Å². The Labute approximate surface area is 122 Å². The van der Waals surface area contributed by atoms with Gasteiger partial charge < -0.3 is 5.32 Å². The quantitative estimate of drug-likeness (QED) is 0.806. The van der Waals surface area contributed by atoms with Gasteiger partial charge in [0.1, 0.15) is 0 Å². The summed E-state index contributed by atoms with van der Waals surface area (Å²) in [5.41, 5.74) is 2.59. The molecule has 1 aromatic carbocycles. The number of nitrogens with one attached hydrogen (secondary N) is 1. The zero-order chi connectivity index (χ0) is 13.8. The lowest BCUT2D eigenvalue weighted by Gasteiger charge is -2.34. The molecular weight excluding hydrogens is 254 g/mol. The third-order valence-electron chi connectivity index (χ3n) is 4.41. The lowest BCUT2D eigenvalue weighted by atomic mass is 9.76. The predicted octanol–water partition coefficient (Wildman–Crippen LogP) is 5.13. The lowest BCUT2D eigenvalue weighted by molar-refractivity contribution is 0.225. The third kappa shape index (κ3) is 3.73. The van der Waals surface area contributed by atoms with Crippen LogP contribution in [0, 0.1) is 18.8 Å². The summed E-state index contributed by atoms with van der Waals surface area (Å²) in [5.74, 6) is 1.64. The van der Waals surface area contributed by atoms with Crippen molar-refractivity contribution in [3.63, 3.8) is 0 Å². The molecule has 1 aromatic rings. The summed E-state index contributed by atoms with van der Waals surface area (Å²) in [7, 11) is 0. The standard InChI is InChI=1S/C17H26ClN/c1-4-19-17(14-7-5-6-12(2)10-14)15-8-9-16(18)13(3)11-15/h8-9,11-12,14,17,19H,4-7,10H2,1-3H3. The molecule has 1 aliphatic rings. The van der Waals surface area contributed by atoms with E-state index in [1.165, 1.54) is 36.8 Å². The molecule has 0 amide bonds. The Morgan fingerprint density at radius 2 is 2.16 bits per heavy atom. The van der Waals surface area contributed by atoms with Gasteiger partial charge in [-0.3, -0.25) is 0 Å². The fraction of sp³-hybridized carbons (Fsp3) is 0.647. The van der Waals surface area contributed by atoms with Crippen molar-refractivity contribution in [2.75, 3.05) is 6.54 Å². The number of halogens is 1. The van der Waals surface area contributed by atoms with Crippen LogP contribution < -0.4 is 5.32 Å². The highest BCUT2D eigenvalue weighted by molar-refractivity contribution is 6.31. The van der Waals surface area contributed by atoms with Gasteiger partial charge in [-0.1, -0.05) is 50.4 Å². The van der Waals surface area contributed by atoms with Crippen molar-refractivity contribution in [3.8, 4) is 0 Å². The Morgan fingerprint density at radius 1 is 1.37 bits per heavy atom. The van der Waals surface area contributed by atoms with Crippen LogP contribution in [-0.4, -0.2) is 6.54 Å². The summed E-state index contributed by atoms with van der Waals surface area (Å²) in [5, 5.41) is 4.56. The van der Waals surface area contributed by atoms with E-state index >= 15 is 0 Å². The van der Waals surface area contributed by atoms with Crippen molar-refractivity contribution in [1.82, 2.24) is 5.32 Å². The van der Waals surface area contributed by atoms with E-state index in [4.69, 9.17) is 11.6 Å². The molecule has 0 bridgehead atoms. The SMILES string of the molecule is CCNC(c1ccc(Cl)c(C)c1)C1CCCC(C)C1. The highest BCUT2D eigenvalue weighted by Crippen LogP contribution is 2.37. The number of aryl methyl sites for hydroxylation is 1. The average Bonchev–Trinajstić information content (AvgIpc) is 2.39. The Balaban J connectivity index is 2.20. The molecule has 19 heavy (non-hydrogen) atoms. The summed E-state index contributed by atoms with van der Waals surface area (Å²) in [6.07, 6.45) is 5.47. The maximum absolute atomic E-state index is 6.15. The van der Waals surface area contributed by atoms with Gasteiger partial charge in [0.2, 0.25) is 0 Å². The molecule has 0 radical (unpaired) electrons. The fourth-order valence-electron chi connectivity index (χ4n) is 3.42. The van der Waals surface area contributed by atoms with Crippen LogP contribution >= 0.6 is 11.6 Å². The number of hydrogen-bond acceptors (Lipinski definition) is 1. The summed E-state index contributed by atoms with van der Waals surface area (Å²) in [6.45, 7) is 7.71. The molecule has 0 heterocycles. The predicted molar refractivity (Wildman–Crippen MR) is 83.7 cm³/mol. The van der Waals surface area contributed by atoms with Crippen LogP contribution in [0.2, 0.25) is 5.02 Å². The van der Waals surface area contributed by atoms with Crippen molar-refractivity contribution < 1.29 is 0 Å². The number of benzene rings is 1. The summed E-state index contributed by atoms with van der Waals surface area (Å²) in [6, 6.07) is 6.99. The van der Waals surface area contributed by atoms with E-state index < -0.39 is 0 Å². The summed E-state index contributed by atoms with van der Waals surface area (Å²) >= 11 is 6.15. The number of rotatable bonds is 4. The fourth-order valence-corrected chi connectivity index (χ4v) is 3.54. The average molecular weight is 280 g/mol. The van der Waals surface area contributed by atoms with Crippen molar-refractivity contribution in [2.45, 2.75) is 52.5 Å². The van der Waals surface area contributed by atoms with Crippen molar-refractivity contribution >= 4 is 11.6 Å². The minimum Gasteiger partial charge on any atom is -0.310 e. The molecule has 1 saturated carbocycles. The largest absolute Gasteiger partial charge is 0.310 e. The monoisotopic (exact) mass is 279 g/mol. The van der Waals surface area contributed by atoms with Crippen molar-refractivity contribution in [3.05, 3.63) is 34.3 Å². The van der Waals surface area contributed by atoms with Crippen LogP contribution in [0.15, 0.2) is 18.2 Å². The molecule has 0 spiro atoms. The molecule has 0 aromatic heterocycles. The van der Waals surface area contributed by atoms with Gasteiger partial charge in [0, 0.05) is 11.1 Å². The van der Waals surface area contributed by atoms with Crippen LogP contribution in [-0.2, 0) is 0 Å². The van der Waals surface area contributed by atoms with E-state index in [2.05, 4.69) is 38.2 Å². The second-order valence-corrected chi connectivity index (χ2v) is 6.48. The Hall–Kier alpha value is -0.530. The second kappa shape index (κ2) is 6.76. The van der Waals surface area contributed by atoms with Gasteiger partial charge in [0.05, 0.1) is 0 Å². The first-order valence-corrected chi connectivity index (χ1v) is 7.99. The van der Waals surface area contributed by atoms with Gasteiger partial charge in [-0.05, 0) is 55.3 Å². The molecule has 2 heteroatoms. The summed E-state index contributed by atoms with van der Waals surface area (Å²) < 4.78 is 0. The number of hydrogen-bond donors (Lipinski definition) is 1. The molecular formula is C17H26ClN. The molecule has 3 unspecified atom stereocenters. The Morgan fingerprint density at radius 3 is 2.79 bits per heavy atom. The van der Waals surface area contributed by atoms with E-state index in [0.29, 0.717) is 6.04 Å². The topological polar surface area (TPSA) is 12.0 Å². The molecule has 106 valence electrons. The van der Waals surface area contributed by atoms with Gasteiger partial charge in [-0.25, -0.2) is 0 Å². The molecule has 2 rings (SSSR count). The van der Waals surface area contributed by atoms with E-state index in [1.54, 1.807) is 0 Å². The Bertz CT molecular complexity index is 416. The third-order valence-corrected chi connectivity index (χ3v) is 4.84. The lowest BCUT2D eigenvalue weighted by Crippen LogP contribution is -2.31. The smallest absolute Gasteiger partial charge is 0.0435 e. The Kier molecular flexibility index (Phi) is 5.29. The van der Waals surface area contributed by atoms with Gasteiger partial charge in [-0.15, -0.1) is 0 Å². The van der Waals surface area contributed by atoms with Crippen LogP contribution in [0.5, 0.6) is 0 Å². The molecule has 3 atom stereocenters. The molecule has 1 N–H and O–H groups in total. The maximum Gasteiger partial charge on any atom is 0.0435 e. The van der Waals surface area contributed by atoms with E-state index in [-0.39, 0.29) is 0 Å². The van der Waals surface area contributed by atoms with Crippen LogP contribution in [0.3, 0.4) is 0 Å². The first-order chi connectivity index (χ1) is 9.11. The van der Waals surface area contributed by atoms with Gasteiger partial charge in [0.15, 0.2) is 0 Å². The highest BCUT2D eigenvalue weighted by atomic mass is 35.5. The minimum atomic E-state index is 0.490. The second-order valence-electron chi connectivity index (χ2n) is 6.08. The van der Waals surface area contributed by atoms with Crippen molar-refractivity contribution in [1.29, 1.82) is 0 Å². The zero-order valence-corrected chi connectivity index (χ0v) is 13.1. The zero-order valence-electron chi connectivity index (χ0n) is 12.4. The normalized spacial score (nSPS) is 25.3. The first-order valence-electron chi connectivity index (χ1n) is 7.61. The molecule has 0 aliphatic heterocycles. The van der Waals surface area contributed by atoms with Crippen LogP contribution in [0.1, 0.15) is 56.7 Å². The van der Waals surface area contributed by atoms with E-state index in [1.807, 2.05) is 6.07 Å². The van der Waals surface area contributed by atoms with Crippen LogP contribution in [0.25, 0.3) is 0 Å². The van der Waals surface area contributed by atoms with Crippen LogP contribution in [0.4, 0.5) is 0 Å². The first kappa shape index (κ1) is 14.9. The minimum absolute atomic E-state index is 0.490.